The molecule has 6 aromatic carbocycles. The van der Waals surface area contributed by atoms with E-state index in [0.717, 1.165) is 48.6 Å². The lowest BCUT2D eigenvalue weighted by Crippen LogP contribution is -2.45. The number of nitrogens with one attached hydrogen (secondary N) is 2. The average Bonchev–Trinajstić information content (AvgIpc) is 0.870. The monoisotopic (exact) mass is 1280 g/mol. The highest BCUT2D eigenvalue weighted by Crippen LogP contribution is 2.38. The first-order chi connectivity index (χ1) is 42.7. The summed E-state index contributed by atoms with van der Waals surface area (Å²) in [6, 6.07) is 29.5. The number of aromatic nitrogens is 4. The largest absolute Gasteiger partial charge is 0.495 e. The lowest BCUT2D eigenvalue weighted by Gasteiger charge is -2.24. The second-order valence-electron chi connectivity index (χ2n) is 20.5. The fourth-order valence-electron chi connectivity index (χ4n) is 10.3. The first-order valence-electron chi connectivity index (χ1n) is 27.7. The molecule has 0 aliphatic carbocycles. The van der Waals surface area contributed by atoms with E-state index in [1.54, 1.807) is 72.8 Å². The molecule has 8 aromatic rings. The number of aliphatic carboxylic acids is 2. The van der Waals surface area contributed by atoms with Crippen molar-refractivity contribution in [1.82, 2.24) is 28.9 Å². The number of carboxylic acid groups (broad SMARTS) is 2. The molecular formula is C64H60ClF9N6O10. The zero-order valence-electron chi connectivity index (χ0n) is 48.7. The first-order valence-corrected chi connectivity index (χ1v) is 28.1. The van der Waals surface area contributed by atoms with Gasteiger partial charge in [-0.15, -0.1) is 0 Å². The third kappa shape index (κ3) is 16.0. The summed E-state index contributed by atoms with van der Waals surface area (Å²) in [5.41, 5.74) is -7.32. The smallest absolute Gasteiger partial charge is 0.416 e. The van der Waals surface area contributed by atoms with E-state index in [1.807, 2.05) is 0 Å². The molecule has 4 N–H and O–H groups in total. The van der Waals surface area contributed by atoms with Crippen molar-refractivity contribution in [2.45, 2.75) is 90.1 Å². The topological polar surface area (TPSA) is 205 Å². The molecule has 2 heterocycles. The highest BCUT2D eigenvalue weighted by Gasteiger charge is 2.37. The summed E-state index contributed by atoms with van der Waals surface area (Å²) in [5.74, 6) is -5.33. The van der Waals surface area contributed by atoms with Gasteiger partial charge in [0.25, 0.3) is 11.1 Å². The molecule has 476 valence electrons. The van der Waals surface area contributed by atoms with Gasteiger partial charge < -0.3 is 30.3 Å². The van der Waals surface area contributed by atoms with E-state index in [0.29, 0.717) is 17.2 Å². The second kappa shape index (κ2) is 29.9. The summed E-state index contributed by atoms with van der Waals surface area (Å²) in [4.78, 5) is 78.2. The molecule has 8 rings (SSSR count). The molecule has 0 fully saturated rings. The summed E-state index contributed by atoms with van der Waals surface area (Å²) >= 11 is 6.58. The summed E-state index contributed by atoms with van der Waals surface area (Å²) < 4.78 is 143. The van der Waals surface area contributed by atoms with Crippen LogP contribution in [0.4, 0.5) is 39.5 Å². The Morgan fingerprint density at radius 3 is 1.29 bits per heavy atom. The molecule has 0 saturated carbocycles. The van der Waals surface area contributed by atoms with Crippen LogP contribution in [0.15, 0.2) is 153 Å². The van der Waals surface area contributed by atoms with E-state index in [2.05, 4.69) is 10.6 Å². The minimum Gasteiger partial charge on any atom is -0.495 e. The third-order valence-corrected chi connectivity index (χ3v) is 15.2. The minimum absolute atomic E-state index is 0.0292. The number of carbonyl (C=O) groups is 2. The lowest BCUT2D eigenvalue weighted by molar-refractivity contribution is -0.139. The molecule has 0 unspecified atom stereocenters. The quantitative estimate of drug-likeness (QED) is 0.0329. The second-order valence-corrected chi connectivity index (χ2v) is 20.9. The van der Waals surface area contributed by atoms with E-state index in [4.69, 9.17) is 31.3 Å². The number of methoxy groups -OCH3 is 2. The number of hydrogen-bond donors (Lipinski definition) is 4. The van der Waals surface area contributed by atoms with Gasteiger partial charge in [-0.25, -0.2) is 22.8 Å². The minimum atomic E-state index is -4.95. The van der Waals surface area contributed by atoms with E-state index >= 15 is 4.39 Å². The number of ether oxygens (including phenoxy) is 2. The molecule has 0 amide bonds. The van der Waals surface area contributed by atoms with Crippen molar-refractivity contribution in [3.8, 4) is 33.8 Å². The van der Waals surface area contributed by atoms with Gasteiger partial charge >= 0.3 is 35.7 Å². The van der Waals surface area contributed by atoms with Gasteiger partial charge in [0, 0.05) is 46.5 Å². The summed E-state index contributed by atoms with van der Waals surface area (Å²) in [6.45, 7) is 0.668. The number of rotatable bonds is 24. The Hall–Kier alpha value is -9.20. The maximum Gasteiger partial charge on any atom is 0.416 e. The van der Waals surface area contributed by atoms with Crippen LogP contribution in [0.1, 0.15) is 82.5 Å². The number of halogens is 10. The molecule has 0 bridgehead atoms. The SMILES string of the molecule is COc1cccc(-c2c(C)n(Cc3c(F)cccc3C(F)(F)F)c(=O)n(C[C@H](NCCCC(=O)O)c3ccccc3)c2=O)c1Cl.COc1cccc(-c2c(C)n(Cc3c(F)cccc3C(F)(F)F)c(=O)n(C[C@H](NCCCC(=O)O)c3ccccc3)c2=O)c1F. The highest BCUT2D eigenvalue weighted by atomic mass is 35.5. The van der Waals surface area contributed by atoms with Gasteiger partial charge in [-0.2, -0.15) is 26.3 Å². The Balaban J connectivity index is 0.000000256. The predicted molar refractivity (Wildman–Crippen MR) is 317 cm³/mol. The van der Waals surface area contributed by atoms with Gasteiger partial charge in [0.2, 0.25) is 0 Å². The van der Waals surface area contributed by atoms with Gasteiger partial charge in [0.1, 0.15) is 17.4 Å². The van der Waals surface area contributed by atoms with Crippen LogP contribution < -0.4 is 42.6 Å². The standard InChI is InChI=1S/C32H30ClF4N3O5.C32H30F5N3O5/c1-19-28(21-11-6-14-26(45-2)29(21)33)30(43)40(18-25(20-9-4-3-5-10-20)38-16-8-15-27(41)42)31(44)39(19)17-22-23(32(35,36)37)12-7-13-24(22)34;1-19-28(21-11-6-14-26(45-2)29(21)34)30(43)40(18-25(20-9-4-3-5-10-20)38-16-8-15-27(41)42)31(44)39(19)17-22-23(32(35,36)37)12-7-13-24(22)33/h2*3-7,9-14,25,38H,8,15-18H2,1-2H3,(H,41,42)/t2*25-/m00/s1. The van der Waals surface area contributed by atoms with E-state index in [-0.39, 0.29) is 102 Å². The van der Waals surface area contributed by atoms with Gasteiger partial charge in [-0.1, -0.05) is 109 Å². The Kier molecular flexibility index (Phi) is 22.7. The average molecular weight is 1280 g/mol. The lowest BCUT2D eigenvalue weighted by atomic mass is 10.0. The highest BCUT2D eigenvalue weighted by molar-refractivity contribution is 6.34. The van der Waals surface area contributed by atoms with Crippen LogP contribution in [0.5, 0.6) is 11.5 Å². The Morgan fingerprint density at radius 2 is 0.900 bits per heavy atom. The molecule has 0 aliphatic heterocycles. The van der Waals surface area contributed by atoms with Crippen molar-refractivity contribution in [3.05, 3.63) is 242 Å². The van der Waals surface area contributed by atoms with Crippen molar-refractivity contribution in [2.75, 3.05) is 27.3 Å². The van der Waals surface area contributed by atoms with Crippen LogP contribution in [0, 0.1) is 31.3 Å². The van der Waals surface area contributed by atoms with Gasteiger partial charge in [0.15, 0.2) is 11.6 Å². The molecule has 2 aromatic heterocycles. The number of hydrogen-bond acceptors (Lipinski definition) is 10. The zero-order chi connectivity index (χ0) is 65.8. The number of benzene rings is 6. The van der Waals surface area contributed by atoms with Crippen LogP contribution in [-0.2, 0) is 48.1 Å². The van der Waals surface area contributed by atoms with Gasteiger partial charge in [0.05, 0.1) is 79.8 Å². The fraction of sp³-hybridized carbons (Fsp3) is 0.281. The number of carboxylic acids is 2. The van der Waals surface area contributed by atoms with E-state index in [9.17, 15) is 63.9 Å². The predicted octanol–water partition coefficient (Wildman–Crippen LogP) is 11.6. The van der Waals surface area contributed by atoms with E-state index < -0.39 is 112 Å². The third-order valence-electron chi connectivity index (χ3n) is 14.8. The Labute approximate surface area is 513 Å². The summed E-state index contributed by atoms with van der Waals surface area (Å²) in [6.07, 6.45) is -9.66. The Bertz CT molecular complexity index is 3870. The maximum atomic E-state index is 15.6. The van der Waals surface area contributed by atoms with Crippen LogP contribution in [0.2, 0.25) is 5.02 Å². The molecular weight excluding hydrogens is 1220 g/mol. The molecule has 16 nitrogen and oxygen atoms in total. The van der Waals surface area contributed by atoms with Crippen LogP contribution in [0.3, 0.4) is 0 Å². The molecule has 0 radical (unpaired) electrons. The fourth-order valence-corrected chi connectivity index (χ4v) is 10.6. The van der Waals surface area contributed by atoms with Crippen molar-refractivity contribution >= 4 is 23.5 Å². The molecule has 26 heteroatoms. The van der Waals surface area contributed by atoms with Crippen molar-refractivity contribution in [1.29, 1.82) is 0 Å². The van der Waals surface area contributed by atoms with Gasteiger partial charge in [-0.05, 0) is 87.3 Å². The van der Waals surface area contributed by atoms with Crippen LogP contribution in [0.25, 0.3) is 22.3 Å². The van der Waals surface area contributed by atoms with Gasteiger partial charge in [-0.3, -0.25) is 37.4 Å². The van der Waals surface area contributed by atoms with Crippen molar-refractivity contribution < 1.29 is 68.8 Å². The first kappa shape index (κ1) is 68.3. The number of nitrogens with zero attached hydrogens (tertiary/aromatic N) is 4. The van der Waals surface area contributed by atoms with Crippen molar-refractivity contribution in [2.24, 2.45) is 0 Å². The molecule has 0 aliphatic rings. The van der Waals surface area contributed by atoms with Crippen molar-refractivity contribution in [3.63, 3.8) is 0 Å². The number of alkyl halides is 6. The van der Waals surface area contributed by atoms with Crippen LogP contribution >= 0.6 is 11.6 Å². The Morgan fingerprint density at radius 1 is 0.522 bits per heavy atom. The van der Waals surface area contributed by atoms with E-state index in [1.165, 1.54) is 52.3 Å². The normalized spacial score (nSPS) is 12.2. The molecule has 90 heavy (non-hydrogen) atoms. The molecule has 0 saturated heterocycles. The zero-order valence-corrected chi connectivity index (χ0v) is 49.4. The molecule has 0 spiro atoms. The molecule has 2 atom stereocenters. The summed E-state index contributed by atoms with van der Waals surface area (Å²) in [5, 5.41) is 24.4. The maximum absolute atomic E-state index is 15.6. The summed E-state index contributed by atoms with van der Waals surface area (Å²) in [7, 11) is 2.58. The van der Waals surface area contributed by atoms with Crippen LogP contribution in [-0.4, -0.2) is 67.7 Å².